The topological polar surface area (TPSA) is 3.24 Å². The van der Waals surface area contributed by atoms with E-state index >= 15 is 0 Å². The highest BCUT2D eigenvalue weighted by molar-refractivity contribution is 5.17. The van der Waals surface area contributed by atoms with Gasteiger partial charge in [-0.15, -0.1) is 0 Å². The van der Waals surface area contributed by atoms with E-state index < -0.39 is 18.3 Å². The highest BCUT2D eigenvalue weighted by atomic mass is 19.4. The van der Waals surface area contributed by atoms with E-state index in [2.05, 4.69) is 0 Å². The predicted molar refractivity (Wildman–Crippen MR) is 57.1 cm³/mol. The van der Waals surface area contributed by atoms with Crippen LogP contribution in [0.3, 0.4) is 0 Å². The molecule has 98 valence electrons. The van der Waals surface area contributed by atoms with Gasteiger partial charge in [0.25, 0.3) is 0 Å². The van der Waals surface area contributed by atoms with Crippen molar-refractivity contribution in [2.24, 2.45) is 11.8 Å². The fourth-order valence-electron chi connectivity index (χ4n) is 3.11. The third-order valence-electron chi connectivity index (χ3n) is 4.04. The number of hydrogen-bond donors (Lipinski definition) is 0. The second-order valence-corrected chi connectivity index (χ2v) is 5.01. The number of halogens is 4. The minimum absolute atomic E-state index is 0.00345. The van der Waals surface area contributed by atoms with E-state index in [0.29, 0.717) is 0 Å². The van der Waals surface area contributed by atoms with Crippen molar-refractivity contribution in [1.29, 1.82) is 0 Å². The van der Waals surface area contributed by atoms with E-state index in [4.69, 9.17) is 0 Å². The van der Waals surface area contributed by atoms with Gasteiger partial charge in [-0.05, 0) is 26.5 Å². The lowest BCUT2D eigenvalue weighted by molar-refractivity contribution is -0.204. The molecule has 0 bridgehead atoms. The van der Waals surface area contributed by atoms with Crippen molar-refractivity contribution in [3.63, 3.8) is 0 Å². The van der Waals surface area contributed by atoms with Crippen LogP contribution in [0.2, 0.25) is 0 Å². The van der Waals surface area contributed by atoms with E-state index in [1.54, 1.807) is 0 Å². The van der Waals surface area contributed by atoms with Gasteiger partial charge in [0.1, 0.15) is 6.17 Å². The summed E-state index contributed by atoms with van der Waals surface area (Å²) in [6, 6.07) is -0.0754. The second kappa shape index (κ2) is 4.18. The molecule has 1 heterocycles. The lowest BCUT2D eigenvalue weighted by Crippen LogP contribution is -2.46. The molecule has 0 aromatic heterocycles. The number of alkyl halides is 4. The molecule has 0 radical (unpaired) electrons. The summed E-state index contributed by atoms with van der Waals surface area (Å²) in [6.45, 7) is 4.51. The maximum absolute atomic E-state index is 13.6. The van der Waals surface area contributed by atoms with Gasteiger partial charge in [0, 0.05) is 24.9 Å². The van der Waals surface area contributed by atoms with E-state index in [9.17, 15) is 17.6 Å². The van der Waals surface area contributed by atoms with Crippen molar-refractivity contribution in [1.82, 2.24) is 4.90 Å². The first-order valence-electron chi connectivity index (χ1n) is 5.99. The molecule has 0 amide bonds. The van der Waals surface area contributed by atoms with Crippen molar-refractivity contribution in [2.75, 3.05) is 6.54 Å². The average molecular weight is 251 g/mol. The van der Waals surface area contributed by atoms with Crippen molar-refractivity contribution in [3.05, 3.63) is 11.8 Å². The van der Waals surface area contributed by atoms with Crippen molar-refractivity contribution < 1.29 is 17.6 Å². The van der Waals surface area contributed by atoms with Crippen LogP contribution in [0.4, 0.5) is 17.6 Å². The van der Waals surface area contributed by atoms with Crippen molar-refractivity contribution in [2.45, 2.75) is 45.1 Å². The van der Waals surface area contributed by atoms with Crippen LogP contribution in [-0.4, -0.2) is 29.8 Å². The standard InChI is InChI=1S/C12H17F4N/c1-3-17-6-7(2)8-4-9(12(14,15)16)10(13)5-11(8)17/h6,8-11H,3-5H2,1-2H3. The molecule has 2 rings (SSSR count). The minimum atomic E-state index is -4.41. The highest BCUT2D eigenvalue weighted by Crippen LogP contribution is 2.47. The number of rotatable bonds is 1. The van der Waals surface area contributed by atoms with Crippen LogP contribution in [0.1, 0.15) is 26.7 Å². The first-order chi connectivity index (χ1) is 7.84. The summed E-state index contributed by atoms with van der Waals surface area (Å²) < 4.78 is 51.7. The second-order valence-electron chi connectivity index (χ2n) is 5.01. The summed E-state index contributed by atoms with van der Waals surface area (Å²) in [5.74, 6) is -1.92. The third-order valence-corrected chi connectivity index (χ3v) is 4.04. The van der Waals surface area contributed by atoms with Gasteiger partial charge < -0.3 is 4.90 Å². The number of nitrogens with zero attached hydrogens (tertiary/aromatic N) is 1. The van der Waals surface area contributed by atoms with Crippen LogP contribution in [-0.2, 0) is 0 Å². The SMILES string of the molecule is CCN1C=C(C)C2CC(C(F)(F)F)C(F)CC21. The summed E-state index contributed by atoms with van der Waals surface area (Å²) in [5, 5.41) is 0. The molecule has 17 heavy (non-hydrogen) atoms. The Bertz CT molecular complexity index is 323. The fraction of sp³-hybridized carbons (Fsp3) is 0.833. The Morgan fingerprint density at radius 3 is 2.53 bits per heavy atom. The lowest BCUT2D eigenvalue weighted by atomic mass is 9.75. The Hall–Kier alpha value is -0.740. The highest BCUT2D eigenvalue weighted by Gasteiger charge is 2.52. The van der Waals surface area contributed by atoms with Crippen LogP contribution in [0.5, 0.6) is 0 Å². The van der Waals surface area contributed by atoms with Crippen LogP contribution in [0.25, 0.3) is 0 Å². The molecule has 1 nitrogen and oxygen atoms in total. The molecule has 1 aliphatic carbocycles. The quantitative estimate of drug-likeness (QED) is 0.644. The van der Waals surface area contributed by atoms with Gasteiger partial charge >= 0.3 is 6.18 Å². The zero-order valence-corrected chi connectivity index (χ0v) is 9.97. The molecule has 1 fully saturated rings. The molecule has 1 aliphatic heterocycles. The summed E-state index contributed by atoms with van der Waals surface area (Å²) >= 11 is 0. The fourth-order valence-corrected chi connectivity index (χ4v) is 3.11. The maximum Gasteiger partial charge on any atom is 0.394 e. The zero-order chi connectivity index (χ0) is 12.8. The first kappa shape index (κ1) is 12.7. The predicted octanol–water partition coefficient (Wildman–Crippen LogP) is 3.52. The van der Waals surface area contributed by atoms with E-state index in [1.165, 1.54) is 0 Å². The molecule has 1 saturated carbocycles. The molecular weight excluding hydrogens is 234 g/mol. The molecule has 0 N–H and O–H groups in total. The average Bonchev–Trinajstić information content (AvgIpc) is 2.52. The number of hydrogen-bond acceptors (Lipinski definition) is 1. The molecule has 0 aromatic carbocycles. The van der Waals surface area contributed by atoms with E-state index in [-0.39, 0.29) is 24.8 Å². The van der Waals surface area contributed by atoms with E-state index in [0.717, 1.165) is 12.1 Å². The molecule has 4 atom stereocenters. The van der Waals surface area contributed by atoms with Gasteiger partial charge in [-0.3, -0.25) is 0 Å². The van der Waals surface area contributed by atoms with Gasteiger partial charge in [-0.25, -0.2) is 4.39 Å². The molecule has 4 unspecified atom stereocenters. The Kier molecular flexibility index (Phi) is 3.12. The van der Waals surface area contributed by atoms with Crippen LogP contribution in [0.15, 0.2) is 11.8 Å². The molecule has 0 spiro atoms. The van der Waals surface area contributed by atoms with Gasteiger partial charge in [-0.1, -0.05) is 5.57 Å². The third kappa shape index (κ3) is 2.16. The van der Waals surface area contributed by atoms with Crippen molar-refractivity contribution >= 4 is 0 Å². The molecule has 2 aliphatic rings. The molecule has 0 aromatic rings. The Morgan fingerprint density at radius 1 is 1.35 bits per heavy atom. The van der Waals surface area contributed by atoms with Gasteiger partial charge in [-0.2, -0.15) is 13.2 Å². The Balaban J connectivity index is 2.17. The monoisotopic (exact) mass is 251 g/mol. The summed E-state index contributed by atoms with van der Waals surface area (Å²) in [5.41, 5.74) is 0.956. The van der Waals surface area contributed by atoms with E-state index in [1.807, 2.05) is 24.9 Å². The summed E-state index contributed by atoms with van der Waals surface area (Å²) in [7, 11) is 0. The van der Waals surface area contributed by atoms with Gasteiger partial charge in [0.15, 0.2) is 0 Å². The summed E-state index contributed by atoms with van der Waals surface area (Å²) in [4.78, 5) is 1.97. The zero-order valence-electron chi connectivity index (χ0n) is 9.97. The number of fused-ring (bicyclic) bond motifs is 1. The molecule has 5 heteroatoms. The maximum atomic E-state index is 13.6. The van der Waals surface area contributed by atoms with Crippen LogP contribution in [0, 0.1) is 11.8 Å². The Morgan fingerprint density at radius 2 is 2.00 bits per heavy atom. The molecule has 0 saturated heterocycles. The van der Waals surface area contributed by atoms with Gasteiger partial charge in [0.2, 0.25) is 0 Å². The van der Waals surface area contributed by atoms with Crippen LogP contribution >= 0.6 is 0 Å². The lowest BCUT2D eigenvalue weighted by Gasteiger charge is -2.39. The normalized spacial score (nSPS) is 38.0. The van der Waals surface area contributed by atoms with Gasteiger partial charge in [0.05, 0.1) is 5.92 Å². The smallest absolute Gasteiger partial charge is 0.374 e. The van der Waals surface area contributed by atoms with Crippen LogP contribution < -0.4 is 0 Å². The first-order valence-corrected chi connectivity index (χ1v) is 5.99. The largest absolute Gasteiger partial charge is 0.394 e. The Labute approximate surface area is 98.5 Å². The minimum Gasteiger partial charge on any atom is -0.374 e. The molecular formula is C12H17F4N. The summed E-state index contributed by atoms with van der Waals surface area (Å²) in [6.07, 6.45) is -4.39. The van der Waals surface area contributed by atoms with Crippen molar-refractivity contribution in [3.8, 4) is 0 Å².